The molecule has 0 fully saturated rings. The van der Waals surface area contributed by atoms with Gasteiger partial charge in [-0.3, -0.25) is 4.98 Å². The van der Waals surface area contributed by atoms with Crippen LogP contribution in [-0.2, 0) is 0 Å². The van der Waals surface area contributed by atoms with E-state index in [1.54, 1.807) is 12.4 Å². The lowest BCUT2D eigenvalue weighted by atomic mass is 9.97. The molecule has 1 heterocycles. The quantitative estimate of drug-likeness (QED) is 0.791. The van der Waals surface area contributed by atoms with Crippen LogP contribution in [0.3, 0.4) is 0 Å². The third-order valence-electron chi connectivity index (χ3n) is 3.52. The highest BCUT2D eigenvalue weighted by Gasteiger charge is 2.13. The van der Waals surface area contributed by atoms with Gasteiger partial charge in [-0.15, -0.1) is 0 Å². The van der Waals surface area contributed by atoms with Gasteiger partial charge >= 0.3 is 0 Å². The number of fused-ring (bicyclic) bond motifs is 1. The number of pyridine rings is 1. The molecule has 21 heavy (non-hydrogen) atoms. The zero-order valence-electron chi connectivity index (χ0n) is 11.9. The van der Waals surface area contributed by atoms with Gasteiger partial charge in [0, 0.05) is 17.8 Å². The van der Waals surface area contributed by atoms with Crippen molar-refractivity contribution in [3.05, 3.63) is 72.1 Å². The van der Waals surface area contributed by atoms with Crippen LogP contribution in [0.5, 0.6) is 5.75 Å². The number of ether oxygens (including phenoxy) is 1. The summed E-state index contributed by atoms with van der Waals surface area (Å²) in [5, 5.41) is 12.7. The third kappa shape index (κ3) is 2.73. The molecule has 0 saturated heterocycles. The van der Waals surface area contributed by atoms with Crippen LogP contribution in [0, 0.1) is 0 Å². The molecule has 0 aliphatic rings. The number of aliphatic hydroxyl groups is 1. The fourth-order valence-electron chi connectivity index (χ4n) is 2.47. The highest BCUT2D eigenvalue weighted by molar-refractivity contribution is 5.85. The first-order chi connectivity index (χ1) is 10.3. The van der Waals surface area contributed by atoms with Crippen molar-refractivity contribution in [3.63, 3.8) is 0 Å². The van der Waals surface area contributed by atoms with E-state index in [9.17, 15) is 5.11 Å². The monoisotopic (exact) mass is 279 g/mol. The van der Waals surface area contributed by atoms with E-state index in [1.165, 1.54) is 0 Å². The first-order valence-electron chi connectivity index (χ1n) is 7.03. The molecule has 1 unspecified atom stereocenters. The van der Waals surface area contributed by atoms with Gasteiger partial charge in [0.1, 0.15) is 11.9 Å². The molecule has 0 radical (unpaired) electrons. The molecule has 1 N–H and O–H groups in total. The Labute approximate surface area is 123 Å². The Morgan fingerprint density at radius 1 is 1.10 bits per heavy atom. The first kappa shape index (κ1) is 13.6. The average Bonchev–Trinajstić information content (AvgIpc) is 2.55. The SMILES string of the molecule is CCOc1ccc(C(O)c2cccc3ccncc23)cc1. The highest BCUT2D eigenvalue weighted by atomic mass is 16.5. The molecular formula is C18H17NO2. The summed E-state index contributed by atoms with van der Waals surface area (Å²) >= 11 is 0. The van der Waals surface area contributed by atoms with E-state index in [-0.39, 0.29) is 0 Å². The van der Waals surface area contributed by atoms with E-state index < -0.39 is 6.10 Å². The van der Waals surface area contributed by atoms with E-state index in [2.05, 4.69) is 4.98 Å². The Kier molecular flexibility index (Phi) is 3.84. The second-order valence-electron chi connectivity index (χ2n) is 4.85. The van der Waals surface area contributed by atoms with E-state index in [0.717, 1.165) is 27.6 Å². The van der Waals surface area contributed by atoms with E-state index in [1.807, 2.05) is 55.5 Å². The van der Waals surface area contributed by atoms with Gasteiger partial charge in [-0.05, 0) is 41.6 Å². The molecule has 3 heteroatoms. The second kappa shape index (κ2) is 5.94. The van der Waals surface area contributed by atoms with Crippen LogP contribution in [0.2, 0.25) is 0 Å². The van der Waals surface area contributed by atoms with Gasteiger partial charge in [-0.1, -0.05) is 30.3 Å². The molecule has 3 nitrogen and oxygen atoms in total. The molecule has 3 aromatic rings. The van der Waals surface area contributed by atoms with Crippen molar-refractivity contribution in [3.8, 4) is 5.75 Å². The number of hydrogen-bond acceptors (Lipinski definition) is 3. The van der Waals surface area contributed by atoms with Crippen molar-refractivity contribution in [2.75, 3.05) is 6.61 Å². The summed E-state index contributed by atoms with van der Waals surface area (Å²) in [5.41, 5.74) is 1.71. The summed E-state index contributed by atoms with van der Waals surface area (Å²) in [4.78, 5) is 4.16. The Balaban J connectivity index is 1.98. The lowest BCUT2D eigenvalue weighted by Gasteiger charge is -2.14. The van der Waals surface area contributed by atoms with Crippen molar-refractivity contribution in [1.29, 1.82) is 0 Å². The van der Waals surface area contributed by atoms with Crippen LogP contribution < -0.4 is 4.74 Å². The molecule has 0 aliphatic heterocycles. The molecule has 0 spiro atoms. The topological polar surface area (TPSA) is 42.4 Å². The van der Waals surface area contributed by atoms with Gasteiger partial charge in [-0.25, -0.2) is 0 Å². The number of hydrogen-bond donors (Lipinski definition) is 1. The number of benzene rings is 2. The second-order valence-corrected chi connectivity index (χ2v) is 4.85. The van der Waals surface area contributed by atoms with E-state index in [4.69, 9.17) is 4.74 Å². The molecule has 1 aromatic heterocycles. The van der Waals surface area contributed by atoms with Crippen LogP contribution in [-0.4, -0.2) is 16.7 Å². The first-order valence-corrected chi connectivity index (χ1v) is 7.03. The maximum absolute atomic E-state index is 10.6. The van der Waals surface area contributed by atoms with Crippen LogP contribution in [0.1, 0.15) is 24.2 Å². The van der Waals surface area contributed by atoms with Crippen molar-refractivity contribution in [1.82, 2.24) is 4.98 Å². The molecule has 0 amide bonds. The largest absolute Gasteiger partial charge is 0.494 e. The standard InChI is InChI=1S/C18H17NO2/c1-2-21-15-8-6-14(7-9-15)18(20)16-5-3-4-13-10-11-19-12-17(13)16/h3-12,18,20H,2H2,1H3. The highest BCUT2D eigenvalue weighted by Crippen LogP contribution is 2.29. The third-order valence-corrected chi connectivity index (χ3v) is 3.52. The van der Waals surface area contributed by atoms with Crippen LogP contribution in [0.15, 0.2) is 60.9 Å². The van der Waals surface area contributed by atoms with Gasteiger partial charge in [0.2, 0.25) is 0 Å². The summed E-state index contributed by atoms with van der Waals surface area (Å²) in [6, 6.07) is 15.4. The van der Waals surface area contributed by atoms with Crippen molar-refractivity contribution in [2.45, 2.75) is 13.0 Å². The zero-order valence-corrected chi connectivity index (χ0v) is 11.9. The number of aliphatic hydroxyl groups excluding tert-OH is 1. The van der Waals surface area contributed by atoms with Crippen LogP contribution in [0.25, 0.3) is 10.8 Å². The fraction of sp³-hybridized carbons (Fsp3) is 0.167. The number of nitrogens with zero attached hydrogens (tertiary/aromatic N) is 1. The smallest absolute Gasteiger partial charge is 0.119 e. The van der Waals surface area contributed by atoms with Crippen molar-refractivity contribution >= 4 is 10.8 Å². The predicted octanol–water partition coefficient (Wildman–Crippen LogP) is 3.72. The average molecular weight is 279 g/mol. The Morgan fingerprint density at radius 3 is 2.67 bits per heavy atom. The van der Waals surface area contributed by atoms with Gasteiger partial charge in [-0.2, -0.15) is 0 Å². The molecule has 3 rings (SSSR count). The molecule has 106 valence electrons. The molecule has 0 aliphatic carbocycles. The van der Waals surface area contributed by atoms with Gasteiger partial charge in [0.05, 0.1) is 6.61 Å². The van der Waals surface area contributed by atoms with Crippen LogP contribution >= 0.6 is 0 Å². The molecule has 0 bridgehead atoms. The fourth-order valence-corrected chi connectivity index (χ4v) is 2.47. The Hall–Kier alpha value is -2.39. The van der Waals surface area contributed by atoms with Crippen LogP contribution in [0.4, 0.5) is 0 Å². The number of aromatic nitrogens is 1. The lowest BCUT2D eigenvalue weighted by Crippen LogP contribution is -2.01. The maximum Gasteiger partial charge on any atom is 0.119 e. The Morgan fingerprint density at radius 2 is 1.90 bits per heavy atom. The minimum atomic E-state index is -0.673. The van der Waals surface area contributed by atoms with E-state index >= 15 is 0 Å². The molecule has 1 atom stereocenters. The normalized spacial score (nSPS) is 12.3. The predicted molar refractivity (Wildman–Crippen MR) is 83.4 cm³/mol. The Bertz CT molecular complexity index is 732. The molecular weight excluding hydrogens is 262 g/mol. The molecule has 2 aromatic carbocycles. The lowest BCUT2D eigenvalue weighted by molar-refractivity contribution is 0.221. The van der Waals surface area contributed by atoms with Gasteiger partial charge in [0.15, 0.2) is 0 Å². The van der Waals surface area contributed by atoms with Crippen molar-refractivity contribution < 1.29 is 9.84 Å². The summed E-state index contributed by atoms with van der Waals surface area (Å²) < 4.78 is 5.42. The van der Waals surface area contributed by atoms with Gasteiger partial charge in [0.25, 0.3) is 0 Å². The number of rotatable bonds is 4. The summed E-state index contributed by atoms with van der Waals surface area (Å²) in [7, 11) is 0. The van der Waals surface area contributed by atoms with Gasteiger partial charge < -0.3 is 9.84 Å². The summed E-state index contributed by atoms with van der Waals surface area (Å²) in [6.07, 6.45) is 2.88. The summed E-state index contributed by atoms with van der Waals surface area (Å²) in [5.74, 6) is 0.813. The summed E-state index contributed by atoms with van der Waals surface area (Å²) in [6.45, 7) is 2.59. The van der Waals surface area contributed by atoms with E-state index in [0.29, 0.717) is 6.61 Å². The van der Waals surface area contributed by atoms with Crippen molar-refractivity contribution in [2.24, 2.45) is 0 Å². The minimum Gasteiger partial charge on any atom is -0.494 e. The zero-order chi connectivity index (χ0) is 14.7. The minimum absolute atomic E-state index is 0.636. The maximum atomic E-state index is 10.6. The molecule has 0 saturated carbocycles.